The van der Waals surface area contributed by atoms with Gasteiger partial charge in [-0.25, -0.2) is 19.2 Å². The zero-order valence-electron chi connectivity index (χ0n) is 26.4. The number of halogens is 4. The van der Waals surface area contributed by atoms with E-state index in [4.69, 9.17) is 0 Å². The zero-order chi connectivity index (χ0) is 36.0. The Bertz CT molecular complexity index is 2190. The van der Waals surface area contributed by atoms with Gasteiger partial charge in [0.2, 0.25) is 0 Å². The van der Waals surface area contributed by atoms with Gasteiger partial charge < -0.3 is 20.9 Å². The number of piperidine rings is 1. The smallest absolute Gasteiger partial charge is 0.347 e. The molecule has 260 valence electrons. The number of nitriles is 1. The number of nitrogens with zero attached hydrogens (tertiary/aromatic N) is 5. The summed E-state index contributed by atoms with van der Waals surface area (Å²) in [6.45, 7) is 0.666. The molecule has 1 unspecified atom stereocenters. The van der Waals surface area contributed by atoms with E-state index in [0.717, 1.165) is 47.4 Å². The molecule has 1 aliphatic carbocycles. The summed E-state index contributed by atoms with van der Waals surface area (Å²) in [5, 5.41) is 17.7. The first-order valence-corrected chi connectivity index (χ1v) is 16.6. The minimum absolute atomic E-state index is 0.103. The lowest BCUT2D eigenvalue weighted by atomic mass is 10.0. The molecule has 12 nitrogen and oxygen atoms in total. The number of nitrogens with one attached hydrogen (secondary N) is 3. The Hall–Kier alpha value is -5.89. The molecular weight excluding hydrogens is 692 g/mol. The van der Waals surface area contributed by atoms with Gasteiger partial charge in [-0.15, -0.1) is 11.3 Å². The lowest BCUT2D eigenvalue weighted by Crippen LogP contribution is -2.50. The maximum Gasteiger partial charge on any atom is 0.416 e. The number of rotatable bonds is 7. The summed E-state index contributed by atoms with van der Waals surface area (Å²) in [4.78, 5) is 64.1. The van der Waals surface area contributed by atoms with Gasteiger partial charge in [-0.2, -0.15) is 18.4 Å². The summed E-state index contributed by atoms with van der Waals surface area (Å²) in [6.07, 6.45) is 2.45. The summed E-state index contributed by atoms with van der Waals surface area (Å²) in [5.74, 6) is -2.92. The average molecular weight is 719 g/mol. The lowest BCUT2D eigenvalue weighted by molar-refractivity contribution is -0.137. The highest BCUT2D eigenvalue weighted by molar-refractivity contribution is 7.21. The van der Waals surface area contributed by atoms with Crippen molar-refractivity contribution in [2.45, 2.75) is 37.9 Å². The number of aromatic nitrogens is 2. The Morgan fingerprint density at radius 3 is 2.55 bits per heavy atom. The monoisotopic (exact) mass is 718 g/mol. The molecule has 2 fully saturated rings. The first kappa shape index (κ1) is 33.6. The molecule has 5 heterocycles. The van der Waals surface area contributed by atoms with Crippen LogP contribution in [0.5, 0.6) is 0 Å². The first-order chi connectivity index (χ1) is 24.4. The van der Waals surface area contributed by atoms with Gasteiger partial charge in [0, 0.05) is 37.1 Å². The van der Waals surface area contributed by atoms with Crippen molar-refractivity contribution in [3.63, 3.8) is 0 Å². The second kappa shape index (κ2) is 13.1. The fraction of sp³-hybridized carbons (Fsp3) is 0.265. The van der Waals surface area contributed by atoms with Crippen molar-refractivity contribution in [1.29, 1.82) is 5.26 Å². The van der Waals surface area contributed by atoms with Gasteiger partial charge in [0.05, 0.1) is 28.0 Å². The van der Waals surface area contributed by atoms with Crippen LogP contribution in [0, 0.1) is 23.1 Å². The molecule has 0 spiro atoms. The minimum atomic E-state index is -4.66. The zero-order valence-corrected chi connectivity index (χ0v) is 27.2. The molecule has 0 radical (unpaired) electrons. The van der Waals surface area contributed by atoms with Crippen LogP contribution in [0.4, 0.5) is 45.2 Å². The van der Waals surface area contributed by atoms with Gasteiger partial charge >= 0.3 is 12.2 Å². The second-order valence-electron chi connectivity index (χ2n) is 12.2. The summed E-state index contributed by atoms with van der Waals surface area (Å²) >= 11 is 1.02. The van der Waals surface area contributed by atoms with Gasteiger partial charge in [0.15, 0.2) is 0 Å². The summed E-state index contributed by atoms with van der Waals surface area (Å²) in [6, 6.07) is 6.87. The number of urea groups is 1. The van der Waals surface area contributed by atoms with Gasteiger partial charge in [-0.05, 0) is 68.0 Å². The Morgan fingerprint density at radius 1 is 1.04 bits per heavy atom. The Kier molecular flexibility index (Phi) is 8.63. The molecule has 3 aromatic heterocycles. The average Bonchev–Trinajstić information content (AvgIpc) is 3.86. The number of thiophene rings is 1. The van der Waals surface area contributed by atoms with E-state index in [0.29, 0.717) is 35.7 Å². The highest BCUT2D eigenvalue weighted by Crippen LogP contribution is 2.46. The van der Waals surface area contributed by atoms with Crippen molar-refractivity contribution < 1.29 is 36.7 Å². The van der Waals surface area contributed by atoms with Gasteiger partial charge in [-0.3, -0.25) is 19.3 Å². The Labute approximate surface area is 290 Å². The highest BCUT2D eigenvalue weighted by Gasteiger charge is 2.36. The lowest BCUT2D eigenvalue weighted by Gasteiger charge is -2.33. The standard InChI is InChI=1S/C34H26F4N8O4S/c35-22-13-18(29(47)43-25-14-20(7-9-40-25)34(36,37)38)5-6-23(22)46-24-8-10-41-31-26(24)27(44-33(46)50)28(51-31)30(48)42-21-2-1-11-45(16-21)32(49)19(15-39)12-17-3-4-17/h5-10,12-14,17,21H,1-4,11,16H2,(H,42,48)(H,44,50)(H,40,43,47)/b19-12+. The van der Waals surface area contributed by atoms with Crippen molar-refractivity contribution in [2.75, 3.05) is 28.6 Å². The summed E-state index contributed by atoms with van der Waals surface area (Å²) in [7, 11) is 0. The topological polar surface area (TPSA) is 160 Å². The van der Waals surface area contributed by atoms with Crippen LogP contribution in [0.3, 0.4) is 0 Å². The largest absolute Gasteiger partial charge is 0.416 e. The van der Waals surface area contributed by atoms with Crippen LogP contribution in [-0.2, 0) is 11.0 Å². The molecule has 7 rings (SSSR count). The molecule has 51 heavy (non-hydrogen) atoms. The SMILES string of the molecule is N#C/C(=C\C1CC1)C(=O)N1CCCC(NC(=O)c2sc3nccc4c3c2NC(=O)N4c2ccc(C(=O)Nc3cc(C(F)(F)F)ccn3)cc2F)C1. The van der Waals surface area contributed by atoms with E-state index in [1.54, 1.807) is 11.0 Å². The Morgan fingerprint density at radius 2 is 1.82 bits per heavy atom. The minimum Gasteiger partial charge on any atom is -0.347 e. The van der Waals surface area contributed by atoms with Crippen LogP contribution in [0.15, 0.2) is 60.4 Å². The van der Waals surface area contributed by atoms with E-state index in [1.165, 1.54) is 24.4 Å². The number of alkyl halides is 3. The maximum atomic E-state index is 15.6. The van der Waals surface area contributed by atoms with E-state index >= 15 is 4.39 Å². The number of anilines is 4. The van der Waals surface area contributed by atoms with Crippen LogP contribution in [-0.4, -0.2) is 57.8 Å². The third-order valence-electron chi connectivity index (χ3n) is 8.65. The molecule has 3 N–H and O–H groups in total. The molecule has 1 saturated heterocycles. The molecule has 1 atom stereocenters. The number of amides is 5. The fourth-order valence-corrected chi connectivity index (χ4v) is 7.05. The highest BCUT2D eigenvalue weighted by atomic mass is 32.1. The molecular formula is C34H26F4N8O4S. The van der Waals surface area contributed by atoms with Crippen LogP contribution in [0.25, 0.3) is 10.2 Å². The van der Waals surface area contributed by atoms with E-state index < -0.39 is 41.4 Å². The van der Waals surface area contributed by atoms with E-state index in [2.05, 4.69) is 25.9 Å². The molecule has 1 saturated carbocycles. The molecule has 2 aliphatic heterocycles. The van der Waals surface area contributed by atoms with Crippen molar-refractivity contribution >= 4 is 68.2 Å². The number of likely N-dealkylation sites (tertiary alicyclic amines) is 1. The number of hydrogen-bond acceptors (Lipinski definition) is 8. The Balaban J connectivity index is 1.10. The molecule has 4 aromatic rings. The van der Waals surface area contributed by atoms with Crippen LogP contribution in [0.1, 0.15) is 51.3 Å². The molecule has 5 amide bonds. The van der Waals surface area contributed by atoms with Crippen molar-refractivity contribution in [1.82, 2.24) is 20.2 Å². The first-order valence-electron chi connectivity index (χ1n) is 15.8. The van der Waals surface area contributed by atoms with Crippen molar-refractivity contribution in [3.05, 3.63) is 82.3 Å². The third kappa shape index (κ3) is 6.69. The quantitative estimate of drug-likeness (QED) is 0.114. The predicted molar refractivity (Wildman–Crippen MR) is 178 cm³/mol. The van der Waals surface area contributed by atoms with Crippen LogP contribution < -0.4 is 20.9 Å². The van der Waals surface area contributed by atoms with E-state index in [1.807, 2.05) is 6.07 Å². The number of carbonyl (C=O) groups is 4. The van der Waals surface area contributed by atoms with E-state index in [9.17, 15) is 37.6 Å². The number of benzene rings is 1. The van der Waals surface area contributed by atoms with E-state index in [-0.39, 0.29) is 57.3 Å². The fourth-order valence-electron chi connectivity index (χ4n) is 6.03. The third-order valence-corrected chi connectivity index (χ3v) is 9.75. The van der Waals surface area contributed by atoms with Crippen molar-refractivity contribution in [2.24, 2.45) is 5.92 Å². The van der Waals surface area contributed by atoms with Gasteiger partial charge in [0.25, 0.3) is 17.7 Å². The normalized spacial score (nSPS) is 17.5. The predicted octanol–water partition coefficient (Wildman–Crippen LogP) is 6.37. The summed E-state index contributed by atoms with van der Waals surface area (Å²) in [5.41, 5.74) is -0.999. The maximum absolute atomic E-state index is 15.6. The number of carbonyl (C=O) groups excluding carboxylic acids is 4. The van der Waals surface area contributed by atoms with Gasteiger partial charge in [-0.1, -0.05) is 6.08 Å². The molecule has 0 bridgehead atoms. The van der Waals surface area contributed by atoms with Gasteiger partial charge in [0.1, 0.15) is 33.0 Å². The number of hydrogen-bond donors (Lipinski definition) is 3. The van der Waals surface area contributed by atoms with Crippen molar-refractivity contribution in [3.8, 4) is 6.07 Å². The van der Waals surface area contributed by atoms with Crippen LogP contribution in [0.2, 0.25) is 0 Å². The molecule has 17 heteroatoms. The second-order valence-corrected chi connectivity index (χ2v) is 13.2. The number of pyridine rings is 2. The number of allylic oxidation sites excluding steroid dienone is 1. The molecule has 3 aliphatic rings. The van der Waals surface area contributed by atoms with Crippen LogP contribution >= 0.6 is 11.3 Å². The molecule has 1 aromatic carbocycles. The summed E-state index contributed by atoms with van der Waals surface area (Å²) < 4.78 is 54.8.